The maximum absolute atomic E-state index is 10.2. The van der Waals surface area contributed by atoms with Crippen LogP contribution in [-0.2, 0) is 6.42 Å². The Morgan fingerprint density at radius 3 is 2.29 bits per heavy atom. The molecule has 0 aliphatic heterocycles. The summed E-state index contributed by atoms with van der Waals surface area (Å²) in [5.74, 6) is 0.502. The summed E-state index contributed by atoms with van der Waals surface area (Å²) in [6.45, 7) is 18.8. The van der Waals surface area contributed by atoms with Gasteiger partial charge < -0.3 is 10.1 Å². The van der Waals surface area contributed by atoms with Gasteiger partial charge in [0.2, 0.25) is 0 Å². The molecule has 1 heterocycles. The number of hydrogen-bond acceptors (Lipinski definition) is 2. The minimum atomic E-state index is -0.738. The van der Waals surface area contributed by atoms with Crippen molar-refractivity contribution in [1.82, 2.24) is 9.97 Å². The SMILES string of the molecule is [C-]#[N+]c1cccc([N+]#[C-])c1-c1nc2c3ccc(CCC(C)(C)O)cc3c3cc(Cl)ccc3c2[nH]1. The number of aliphatic hydroxyl groups is 1. The number of halogens is 1. The zero-order valence-electron chi connectivity index (χ0n) is 18.8. The second-order valence-corrected chi connectivity index (χ2v) is 9.52. The third-order valence-electron chi connectivity index (χ3n) is 6.11. The molecule has 1 aromatic heterocycles. The van der Waals surface area contributed by atoms with Gasteiger partial charge in [-0.05, 0) is 55.2 Å². The molecule has 0 atom stereocenters. The number of H-pyrrole nitrogens is 1. The zero-order valence-corrected chi connectivity index (χ0v) is 19.5. The van der Waals surface area contributed by atoms with E-state index in [0.29, 0.717) is 34.2 Å². The minimum absolute atomic E-state index is 0.387. The van der Waals surface area contributed by atoms with E-state index in [1.165, 1.54) is 0 Å². The Hall–Kier alpha value is -3.90. The third-order valence-corrected chi connectivity index (χ3v) is 6.34. The molecule has 0 aliphatic rings. The number of benzene rings is 4. The Kier molecular flexibility index (Phi) is 5.25. The molecule has 0 amide bonds. The first-order valence-corrected chi connectivity index (χ1v) is 11.3. The number of aryl methyl sites for hydroxylation is 1. The Morgan fingerprint density at radius 2 is 1.62 bits per heavy atom. The number of hydrogen-bond donors (Lipinski definition) is 2. The van der Waals surface area contributed by atoms with Gasteiger partial charge in [0.25, 0.3) is 0 Å². The standard InChI is InChI=1S/C28H21ClN4O/c1-28(2,34)13-12-16-8-10-18-20(14-16)21-15-17(29)9-11-19(21)26-25(18)32-27(33-26)24-22(30-3)6-5-7-23(24)31-4/h5-11,14-15,34H,12-13H2,1-2H3,(H,32,33). The summed E-state index contributed by atoms with van der Waals surface area (Å²) >= 11 is 6.39. The molecule has 0 saturated carbocycles. The molecule has 0 aliphatic carbocycles. The lowest BCUT2D eigenvalue weighted by Gasteiger charge is -2.17. The largest absolute Gasteiger partial charge is 0.390 e. The molecule has 0 spiro atoms. The lowest BCUT2D eigenvalue weighted by atomic mass is 9.94. The first-order valence-electron chi connectivity index (χ1n) is 10.9. The van der Waals surface area contributed by atoms with Gasteiger partial charge in [0, 0.05) is 21.4 Å². The fourth-order valence-electron chi connectivity index (χ4n) is 4.42. The Labute approximate surface area is 202 Å². The summed E-state index contributed by atoms with van der Waals surface area (Å²) in [4.78, 5) is 15.5. The highest BCUT2D eigenvalue weighted by Crippen LogP contribution is 2.41. The van der Waals surface area contributed by atoms with Crippen molar-refractivity contribution in [2.75, 3.05) is 0 Å². The Morgan fingerprint density at radius 1 is 0.941 bits per heavy atom. The number of nitrogens with zero attached hydrogens (tertiary/aromatic N) is 3. The van der Waals surface area contributed by atoms with Crippen molar-refractivity contribution in [3.05, 3.63) is 88.0 Å². The molecule has 0 fully saturated rings. The maximum atomic E-state index is 10.2. The van der Waals surface area contributed by atoms with Crippen LogP contribution in [0, 0.1) is 13.1 Å². The van der Waals surface area contributed by atoms with E-state index >= 15 is 0 Å². The van der Waals surface area contributed by atoms with Crippen molar-refractivity contribution in [3.8, 4) is 11.4 Å². The smallest absolute Gasteiger partial charge is 0.187 e. The first-order chi connectivity index (χ1) is 16.3. The number of aromatic amines is 1. The maximum Gasteiger partial charge on any atom is 0.187 e. The van der Waals surface area contributed by atoms with Gasteiger partial charge in [0.15, 0.2) is 11.4 Å². The average Bonchev–Trinajstić information content (AvgIpc) is 3.26. The number of aromatic nitrogens is 2. The van der Waals surface area contributed by atoms with Gasteiger partial charge in [-0.3, -0.25) is 0 Å². The van der Waals surface area contributed by atoms with Crippen molar-refractivity contribution in [1.29, 1.82) is 0 Å². The van der Waals surface area contributed by atoms with E-state index in [0.717, 1.165) is 44.6 Å². The van der Waals surface area contributed by atoms with Crippen molar-refractivity contribution in [2.45, 2.75) is 32.3 Å². The predicted octanol–water partition coefficient (Wildman–Crippen LogP) is 7.99. The van der Waals surface area contributed by atoms with Crippen LogP contribution in [0.3, 0.4) is 0 Å². The fraction of sp³-hybridized carbons (Fsp3) is 0.179. The van der Waals surface area contributed by atoms with Crippen molar-refractivity contribution in [3.63, 3.8) is 0 Å². The summed E-state index contributed by atoms with van der Waals surface area (Å²) < 4.78 is 0. The third kappa shape index (κ3) is 3.76. The van der Waals surface area contributed by atoms with Crippen LogP contribution in [0.4, 0.5) is 11.4 Å². The van der Waals surface area contributed by atoms with Crippen LogP contribution in [0.1, 0.15) is 25.8 Å². The van der Waals surface area contributed by atoms with Gasteiger partial charge in [0.05, 0.1) is 29.8 Å². The van der Waals surface area contributed by atoms with Crippen LogP contribution in [-0.4, -0.2) is 20.7 Å². The Balaban J connectivity index is 1.82. The molecule has 4 aromatic carbocycles. The molecular weight excluding hydrogens is 444 g/mol. The lowest BCUT2D eigenvalue weighted by molar-refractivity contribution is 0.0714. The molecule has 166 valence electrons. The lowest BCUT2D eigenvalue weighted by Crippen LogP contribution is -2.19. The number of rotatable bonds is 4. The van der Waals surface area contributed by atoms with Crippen LogP contribution in [0.25, 0.3) is 53.7 Å². The summed E-state index contributed by atoms with van der Waals surface area (Å²) in [5, 5.41) is 14.8. The molecule has 5 nitrogen and oxygen atoms in total. The van der Waals surface area contributed by atoms with Crippen LogP contribution < -0.4 is 0 Å². The number of fused-ring (bicyclic) bond motifs is 6. The molecule has 0 bridgehead atoms. The number of nitrogens with one attached hydrogen (secondary N) is 1. The van der Waals surface area contributed by atoms with E-state index in [2.05, 4.69) is 32.9 Å². The van der Waals surface area contributed by atoms with E-state index in [9.17, 15) is 5.11 Å². The topological polar surface area (TPSA) is 57.6 Å². The first kappa shape index (κ1) is 21.9. The summed E-state index contributed by atoms with van der Waals surface area (Å²) in [6, 6.07) is 17.2. The van der Waals surface area contributed by atoms with Crippen LogP contribution in [0.15, 0.2) is 54.6 Å². The highest BCUT2D eigenvalue weighted by Gasteiger charge is 2.19. The van der Waals surface area contributed by atoms with Gasteiger partial charge in [-0.15, -0.1) is 0 Å². The molecule has 34 heavy (non-hydrogen) atoms. The van der Waals surface area contributed by atoms with Gasteiger partial charge in [-0.1, -0.05) is 54.1 Å². The highest BCUT2D eigenvalue weighted by molar-refractivity contribution is 6.33. The molecule has 0 radical (unpaired) electrons. The molecule has 5 aromatic rings. The summed E-state index contributed by atoms with van der Waals surface area (Å²) in [7, 11) is 0. The molecule has 2 N–H and O–H groups in total. The minimum Gasteiger partial charge on any atom is -0.390 e. The van der Waals surface area contributed by atoms with Gasteiger partial charge >= 0.3 is 0 Å². The monoisotopic (exact) mass is 464 g/mol. The van der Waals surface area contributed by atoms with E-state index < -0.39 is 5.60 Å². The van der Waals surface area contributed by atoms with E-state index in [1.54, 1.807) is 18.2 Å². The van der Waals surface area contributed by atoms with E-state index in [-0.39, 0.29) is 0 Å². The molecule has 0 unspecified atom stereocenters. The van der Waals surface area contributed by atoms with E-state index in [4.69, 9.17) is 29.7 Å². The second-order valence-electron chi connectivity index (χ2n) is 9.09. The second kappa shape index (κ2) is 8.15. The van der Waals surface area contributed by atoms with Crippen LogP contribution in [0.5, 0.6) is 0 Å². The molecule has 5 rings (SSSR count). The van der Waals surface area contributed by atoms with Crippen molar-refractivity contribution < 1.29 is 5.11 Å². The molecule has 0 saturated heterocycles. The van der Waals surface area contributed by atoms with Crippen molar-refractivity contribution >= 4 is 55.6 Å². The van der Waals surface area contributed by atoms with Crippen molar-refractivity contribution in [2.24, 2.45) is 0 Å². The van der Waals surface area contributed by atoms with Gasteiger partial charge in [-0.25, -0.2) is 14.7 Å². The zero-order chi connectivity index (χ0) is 24.0. The number of imidazole rings is 1. The molecule has 6 heteroatoms. The summed E-state index contributed by atoms with van der Waals surface area (Å²) in [6.07, 6.45) is 1.40. The highest BCUT2D eigenvalue weighted by atomic mass is 35.5. The van der Waals surface area contributed by atoms with Gasteiger partial charge in [0.1, 0.15) is 5.82 Å². The fourth-order valence-corrected chi connectivity index (χ4v) is 4.59. The predicted molar refractivity (Wildman–Crippen MR) is 139 cm³/mol. The quantitative estimate of drug-likeness (QED) is 0.209. The molecular formula is C28H21ClN4O. The Bertz CT molecular complexity index is 1650. The van der Waals surface area contributed by atoms with Gasteiger partial charge in [-0.2, -0.15) is 0 Å². The normalized spacial score (nSPS) is 11.7. The summed E-state index contributed by atoms with van der Waals surface area (Å²) in [5.41, 5.74) is 3.30. The average molecular weight is 465 g/mol. The van der Waals surface area contributed by atoms with Crippen LogP contribution >= 0.6 is 11.6 Å². The van der Waals surface area contributed by atoms with E-state index in [1.807, 2.05) is 32.0 Å². The van der Waals surface area contributed by atoms with Crippen LogP contribution in [0.2, 0.25) is 5.02 Å².